The Bertz CT molecular complexity index is 678. The Hall–Kier alpha value is -1.37. The number of nitrogens with one attached hydrogen (secondary N) is 1. The van der Waals surface area contributed by atoms with Gasteiger partial charge in [-0.25, -0.2) is 8.42 Å². The van der Waals surface area contributed by atoms with Crippen molar-refractivity contribution in [3.63, 3.8) is 0 Å². The summed E-state index contributed by atoms with van der Waals surface area (Å²) < 4.78 is 27.5. The van der Waals surface area contributed by atoms with Crippen molar-refractivity contribution in [3.05, 3.63) is 46.8 Å². The summed E-state index contributed by atoms with van der Waals surface area (Å²) >= 11 is 1.26. The van der Waals surface area contributed by atoms with Gasteiger partial charge >= 0.3 is 0 Å². The molecule has 0 unspecified atom stereocenters. The highest BCUT2D eigenvalue weighted by Gasteiger charge is 2.16. The highest BCUT2D eigenvalue weighted by atomic mass is 32.2. The lowest BCUT2D eigenvalue weighted by atomic mass is 10.1. The van der Waals surface area contributed by atoms with E-state index in [-0.39, 0.29) is 0 Å². The van der Waals surface area contributed by atoms with E-state index in [1.807, 2.05) is 31.2 Å². The van der Waals surface area contributed by atoms with E-state index in [2.05, 4.69) is 4.72 Å². The predicted molar refractivity (Wildman–Crippen MR) is 83.7 cm³/mol. The van der Waals surface area contributed by atoms with Gasteiger partial charge in [0.15, 0.2) is 0 Å². The Labute approximate surface area is 123 Å². The summed E-state index contributed by atoms with van der Waals surface area (Å²) in [5, 5.41) is 0. The first kappa shape index (κ1) is 15.0. The maximum absolute atomic E-state index is 12.3. The molecule has 1 aromatic heterocycles. The van der Waals surface area contributed by atoms with Crippen LogP contribution in [0.3, 0.4) is 0 Å². The summed E-state index contributed by atoms with van der Waals surface area (Å²) in [6.07, 6.45) is 1.57. The number of benzene rings is 1. The summed E-state index contributed by atoms with van der Waals surface area (Å²) in [7, 11) is -3.51. The minimum Gasteiger partial charge on any atom is -0.330 e. The molecule has 0 atom stereocenters. The molecule has 108 valence electrons. The molecule has 0 saturated heterocycles. The molecule has 0 amide bonds. The SMILES string of the molecule is CCc1cccc(NS(=O)(=O)c2ccc(CCN)s2)c1. The van der Waals surface area contributed by atoms with Crippen molar-refractivity contribution in [1.82, 2.24) is 0 Å². The minimum atomic E-state index is -3.51. The lowest BCUT2D eigenvalue weighted by Crippen LogP contribution is -2.11. The van der Waals surface area contributed by atoms with Gasteiger partial charge in [0.05, 0.1) is 0 Å². The van der Waals surface area contributed by atoms with Crippen molar-refractivity contribution in [2.45, 2.75) is 24.0 Å². The van der Waals surface area contributed by atoms with Crippen molar-refractivity contribution < 1.29 is 8.42 Å². The van der Waals surface area contributed by atoms with Crippen LogP contribution in [0.5, 0.6) is 0 Å². The van der Waals surface area contributed by atoms with E-state index in [1.54, 1.807) is 12.1 Å². The second-order valence-electron chi connectivity index (χ2n) is 4.42. The molecule has 3 N–H and O–H groups in total. The molecule has 0 aliphatic heterocycles. The van der Waals surface area contributed by atoms with Crippen LogP contribution >= 0.6 is 11.3 Å². The van der Waals surface area contributed by atoms with Crippen molar-refractivity contribution in [1.29, 1.82) is 0 Å². The molecule has 0 bridgehead atoms. The number of nitrogens with two attached hydrogens (primary N) is 1. The fourth-order valence-electron chi connectivity index (χ4n) is 1.84. The van der Waals surface area contributed by atoms with Crippen LogP contribution in [0.15, 0.2) is 40.6 Å². The number of aryl methyl sites for hydroxylation is 1. The monoisotopic (exact) mass is 310 g/mol. The number of thiophene rings is 1. The predicted octanol–water partition coefficient (Wildman–Crippen LogP) is 2.61. The molecule has 20 heavy (non-hydrogen) atoms. The van der Waals surface area contributed by atoms with Gasteiger partial charge in [0.2, 0.25) is 0 Å². The quantitative estimate of drug-likeness (QED) is 0.861. The van der Waals surface area contributed by atoms with Gasteiger partial charge in [-0.1, -0.05) is 19.1 Å². The molecule has 0 aliphatic rings. The molecule has 1 heterocycles. The van der Waals surface area contributed by atoms with Gasteiger partial charge in [0, 0.05) is 10.6 Å². The highest BCUT2D eigenvalue weighted by molar-refractivity contribution is 7.94. The van der Waals surface area contributed by atoms with Gasteiger partial charge in [0.25, 0.3) is 10.0 Å². The molecule has 0 spiro atoms. The van der Waals surface area contributed by atoms with Crippen LogP contribution in [-0.4, -0.2) is 15.0 Å². The molecule has 0 saturated carbocycles. The Morgan fingerprint density at radius 2 is 2.05 bits per heavy atom. The van der Waals surface area contributed by atoms with Crippen molar-refractivity contribution in [2.75, 3.05) is 11.3 Å². The summed E-state index contributed by atoms with van der Waals surface area (Å²) in [5.41, 5.74) is 7.17. The van der Waals surface area contributed by atoms with Crippen LogP contribution in [0.25, 0.3) is 0 Å². The summed E-state index contributed by atoms with van der Waals surface area (Å²) in [6, 6.07) is 10.9. The third kappa shape index (κ3) is 3.59. The number of hydrogen-bond donors (Lipinski definition) is 2. The fraction of sp³-hybridized carbons (Fsp3) is 0.286. The average molecular weight is 310 g/mol. The molecule has 0 aliphatic carbocycles. The zero-order valence-electron chi connectivity index (χ0n) is 11.3. The van der Waals surface area contributed by atoms with Gasteiger partial charge in [-0.15, -0.1) is 11.3 Å². The van der Waals surface area contributed by atoms with Crippen LogP contribution in [0, 0.1) is 0 Å². The van der Waals surface area contributed by atoms with E-state index in [0.29, 0.717) is 22.9 Å². The standard InChI is InChI=1S/C14H18N2O2S2/c1-2-11-4-3-5-12(10-11)16-20(17,18)14-7-6-13(19-14)8-9-15/h3-7,10,16H,2,8-9,15H2,1H3. The normalized spacial score (nSPS) is 11.5. The van der Waals surface area contributed by atoms with E-state index >= 15 is 0 Å². The van der Waals surface area contributed by atoms with Crippen LogP contribution < -0.4 is 10.5 Å². The van der Waals surface area contributed by atoms with E-state index in [0.717, 1.165) is 16.9 Å². The Kier molecular flexibility index (Phi) is 4.80. The molecule has 2 rings (SSSR count). The molecule has 4 nitrogen and oxygen atoms in total. The van der Waals surface area contributed by atoms with E-state index in [4.69, 9.17) is 5.73 Å². The zero-order chi connectivity index (χ0) is 14.6. The Morgan fingerprint density at radius 1 is 1.25 bits per heavy atom. The Balaban J connectivity index is 2.21. The number of anilines is 1. The highest BCUT2D eigenvalue weighted by Crippen LogP contribution is 2.24. The van der Waals surface area contributed by atoms with Crippen LogP contribution in [0.1, 0.15) is 17.4 Å². The van der Waals surface area contributed by atoms with Crippen molar-refractivity contribution >= 4 is 27.0 Å². The summed E-state index contributed by atoms with van der Waals surface area (Å²) in [5.74, 6) is 0. The Morgan fingerprint density at radius 3 is 2.75 bits per heavy atom. The topological polar surface area (TPSA) is 72.2 Å². The first-order valence-electron chi connectivity index (χ1n) is 6.45. The molecular weight excluding hydrogens is 292 g/mol. The second-order valence-corrected chi connectivity index (χ2v) is 7.50. The first-order valence-corrected chi connectivity index (χ1v) is 8.75. The second kappa shape index (κ2) is 6.39. The van der Waals surface area contributed by atoms with Gasteiger partial charge in [-0.3, -0.25) is 4.72 Å². The van der Waals surface area contributed by atoms with Gasteiger partial charge in [-0.2, -0.15) is 0 Å². The number of hydrogen-bond acceptors (Lipinski definition) is 4. The fourth-order valence-corrected chi connectivity index (χ4v) is 4.26. The zero-order valence-corrected chi connectivity index (χ0v) is 12.9. The van der Waals surface area contributed by atoms with E-state index in [9.17, 15) is 8.42 Å². The molecule has 2 aromatic rings. The molecule has 1 aromatic carbocycles. The average Bonchev–Trinajstić information content (AvgIpc) is 2.88. The molecule has 0 fully saturated rings. The maximum Gasteiger partial charge on any atom is 0.271 e. The first-order chi connectivity index (χ1) is 9.55. The molecule has 6 heteroatoms. The van der Waals surface area contributed by atoms with Gasteiger partial charge in [-0.05, 0) is 49.2 Å². The lowest BCUT2D eigenvalue weighted by Gasteiger charge is -2.07. The van der Waals surface area contributed by atoms with Crippen LogP contribution in [-0.2, 0) is 22.9 Å². The van der Waals surface area contributed by atoms with Crippen LogP contribution in [0.4, 0.5) is 5.69 Å². The summed E-state index contributed by atoms with van der Waals surface area (Å²) in [4.78, 5) is 0.982. The lowest BCUT2D eigenvalue weighted by molar-refractivity contribution is 0.603. The van der Waals surface area contributed by atoms with E-state index in [1.165, 1.54) is 11.3 Å². The van der Waals surface area contributed by atoms with Crippen molar-refractivity contribution in [3.8, 4) is 0 Å². The molecule has 0 radical (unpaired) electrons. The van der Waals surface area contributed by atoms with Crippen LogP contribution in [0.2, 0.25) is 0 Å². The largest absolute Gasteiger partial charge is 0.330 e. The van der Waals surface area contributed by atoms with E-state index < -0.39 is 10.0 Å². The van der Waals surface area contributed by atoms with Crippen molar-refractivity contribution in [2.24, 2.45) is 5.73 Å². The number of sulfonamides is 1. The summed E-state index contributed by atoms with van der Waals surface area (Å²) in [6.45, 7) is 2.55. The third-order valence-corrected chi connectivity index (χ3v) is 5.90. The maximum atomic E-state index is 12.3. The number of rotatable bonds is 6. The molecular formula is C14H18N2O2S2. The third-order valence-electron chi connectivity index (χ3n) is 2.88. The van der Waals surface area contributed by atoms with Gasteiger partial charge < -0.3 is 5.73 Å². The van der Waals surface area contributed by atoms with Gasteiger partial charge in [0.1, 0.15) is 4.21 Å². The smallest absolute Gasteiger partial charge is 0.271 e. The minimum absolute atomic E-state index is 0.322.